The maximum Gasteiger partial charge on any atom is 0.307 e. The molecule has 1 unspecified atom stereocenters. The van der Waals surface area contributed by atoms with Crippen LogP contribution in [-0.4, -0.2) is 28.9 Å². The van der Waals surface area contributed by atoms with Gasteiger partial charge in [0.05, 0.1) is 6.42 Å². The Kier molecular flexibility index (Phi) is 6.35. The number of benzene rings is 1. The molecule has 0 heterocycles. The number of carboxylic acid groups (broad SMARTS) is 1. The van der Waals surface area contributed by atoms with E-state index in [-0.39, 0.29) is 36.6 Å². The predicted molar refractivity (Wildman–Crippen MR) is 90.6 cm³/mol. The third-order valence-corrected chi connectivity index (χ3v) is 4.20. The van der Waals surface area contributed by atoms with Gasteiger partial charge in [-0.15, -0.1) is 0 Å². The lowest BCUT2D eigenvalue weighted by Crippen LogP contribution is -2.38. The molecule has 1 aliphatic rings. The maximum atomic E-state index is 12.0. The summed E-state index contributed by atoms with van der Waals surface area (Å²) in [6, 6.07) is 6.49. The Morgan fingerprint density at radius 1 is 1.17 bits per heavy atom. The summed E-state index contributed by atoms with van der Waals surface area (Å²) in [5.74, 6) is -0.929. The van der Waals surface area contributed by atoms with Crippen LogP contribution in [0.3, 0.4) is 0 Å². The fourth-order valence-corrected chi connectivity index (χ4v) is 2.97. The molecular formula is C18H24N2O4. The second-order valence-electron chi connectivity index (χ2n) is 6.41. The average Bonchev–Trinajstić information content (AvgIpc) is 3.02. The van der Waals surface area contributed by atoms with Crippen LogP contribution in [0, 0.1) is 5.92 Å². The second-order valence-corrected chi connectivity index (χ2v) is 6.41. The summed E-state index contributed by atoms with van der Waals surface area (Å²) in [4.78, 5) is 34.7. The second kappa shape index (κ2) is 8.47. The van der Waals surface area contributed by atoms with Crippen LogP contribution < -0.4 is 10.6 Å². The number of carbonyl (C=O) groups excluding carboxylic acids is 2. The molecule has 130 valence electrons. The number of hydrogen-bond acceptors (Lipinski definition) is 3. The molecule has 1 saturated carbocycles. The summed E-state index contributed by atoms with van der Waals surface area (Å²) < 4.78 is 0. The first-order chi connectivity index (χ1) is 11.4. The minimum atomic E-state index is -0.890. The van der Waals surface area contributed by atoms with E-state index in [0.717, 1.165) is 25.7 Å². The van der Waals surface area contributed by atoms with E-state index in [2.05, 4.69) is 10.6 Å². The Bertz CT molecular complexity index is 592. The molecule has 0 aromatic heterocycles. The standard InChI is InChI=1S/C18H24N2O4/c1-12(19-18(24)14-4-2-3-5-14)10-16(21)20-15-8-6-13(7-9-15)11-17(22)23/h6-9,12,14H,2-5,10-11H2,1H3,(H,19,24)(H,20,21)(H,22,23). The molecule has 1 aromatic rings. The zero-order valence-electron chi connectivity index (χ0n) is 13.9. The highest BCUT2D eigenvalue weighted by atomic mass is 16.4. The molecule has 0 spiro atoms. The van der Waals surface area contributed by atoms with E-state index < -0.39 is 5.97 Å². The van der Waals surface area contributed by atoms with Crippen molar-refractivity contribution in [3.63, 3.8) is 0 Å². The summed E-state index contributed by atoms with van der Waals surface area (Å²) in [6.45, 7) is 1.82. The lowest BCUT2D eigenvalue weighted by atomic mass is 10.1. The van der Waals surface area contributed by atoms with Crippen molar-refractivity contribution in [2.24, 2.45) is 5.92 Å². The first-order valence-electron chi connectivity index (χ1n) is 8.35. The molecule has 0 saturated heterocycles. The van der Waals surface area contributed by atoms with Gasteiger partial charge in [0.15, 0.2) is 0 Å². The summed E-state index contributed by atoms with van der Waals surface area (Å²) in [5, 5.41) is 14.4. The molecule has 1 aromatic carbocycles. The molecule has 24 heavy (non-hydrogen) atoms. The van der Waals surface area contributed by atoms with Crippen LogP contribution >= 0.6 is 0 Å². The Hall–Kier alpha value is -2.37. The number of carboxylic acids is 1. The van der Waals surface area contributed by atoms with Gasteiger partial charge in [0.1, 0.15) is 0 Å². The lowest BCUT2D eigenvalue weighted by molar-refractivity contribution is -0.136. The largest absolute Gasteiger partial charge is 0.481 e. The van der Waals surface area contributed by atoms with Crippen molar-refractivity contribution in [2.45, 2.75) is 51.5 Å². The van der Waals surface area contributed by atoms with E-state index in [1.165, 1.54) is 0 Å². The fourth-order valence-electron chi connectivity index (χ4n) is 2.97. The first kappa shape index (κ1) is 18.0. The summed E-state index contributed by atoms with van der Waals surface area (Å²) in [5.41, 5.74) is 1.29. The van der Waals surface area contributed by atoms with Crippen molar-refractivity contribution >= 4 is 23.5 Å². The van der Waals surface area contributed by atoms with Gasteiger partial charge in [0, 0.05) is 24.1 Å². The number of anilines is 1. The molecule has 1 fully saturated rings. The van der Waals surface area contributed by atoms with Crippen molar-refractivity contribution in [1.29, 1.82) is 0 Å². The summed E-state index contributed by atoms with van der Waals surface area (Å²) in [7, 11) is 0. The van der Waals surface area contributed by atoms with Crippen LogP contribution in [0.15, 0.2) is 24.3 Å². The van der Waals surface area contributed by atoms with Crippen LogP contribution in [0.25, 0.3) is 0 Å². The molecule has 2 rings (SSSR count). The van der Waals surface area contributed by atoms with E-state index in [1.54, 1.807) is 24.3 Å². The van der Waals surface area contributed by atoms with Crippen molar-refractivity contribution in [3.05, 3.63) is 29.8 Å². The smallest absolute Gasteiger partial charge is 0.307 e. The van der Waals surface area contributed by atoms with Crippen molar-refractivity contribution in [3.8, 4) is 0 Å². The zero-order valence-corrected chi connectivity index (χ0v) is 13.9. The van der Waals surface area contributed by atoms with Gasteiger partial charge in [-0.25, -0.2) is 0 Å². The summed E-state index contributed by atoms with van der Waals surface area (Å²) >= 11 is 0. The number of carbonyl (C=O) groups is 3. The van der Waals surface area contributed by atoms with Crippen LogP contribution in [0.2, 0.25) is 0 Å². The molecule has 6 heteroatoms. The van der Waals surface area contributed by atoms with Gasteiger partial charge in [-0.3, -0.25) is 14.4 Å². The Morgan fingerprint density at radius 2 is 1.79 bits per heavy atom. The third-order valence-electron chi connectivity index (χ3n) is 4.20. The molecular weight excluding hydrogens is 308 g/mol. The molecule has 1 aliphatic carbocycles. The lowest BCUT2D eigenvalue weighted by Gasteiger charge is -2.16. The third kappa shape index (κ3) is 5.68. The molecule has 0 radical (unpaired) electrons. The zero-order chi connectivity index (χ0) is 17.5. The van der Waals surface area contributed by atoms with Gasteiger partial charge < -0.3 is 15.7 Å². The maximum absolute atomic E-state index is 12.0. The van der Waals surface area contributed by atoms with Crippen LogP contribution in [0.1, 0.15) is 44.6 Å². The van der Waals surface area contributed by atoms with Crippen molar-refractivity contribution in [2.75, 3.05) is 5.32 Å². The predicted octanol–water partition coefficient (Wildman–Crippen LogP) is 2.34. The van der Waals surface area contributed by atoms with Crippen LogP contribution in [0.5, 0.6) is 0 Å². The molecule has 0 aliphatic heterocycles. The fraction of sp³-hybridized carbons (Fsp3) is 0.500. The monoisotopic (exact) mass is 332 g/mol. The van der Waals surface area contributed by atoms with Gasteiger partial charge >= 0.3 is 5.97 Å². The molecule has 3 N–H and O–H groups in total. The van der Waals surface area contributed by atoms with Crippen molar-refractivity contribution < 1.29 is 19.5 Å². The number of nitrogens with one attached hydrogen (secondary N) is 2. The highest BCUT2D eigenvalue weighted by Crippen LogP contribution is 2.24. The van der Waals surface area contributed by atoms with E-state index in [9.17, 15) is 14.4 Å². The van der Waals surface area contributed by atoms with E-state index in [4.69, 9.17) is 5.11 Å². The highest BCUT2D eigenvalue weighted by Gasteiger charge is 2.24. The molecule has 0 bridgehead atoms. The number of hydrogen-bond donors (Lipinski definition) is 3. The topological polar surface area (TPSA) is 95.5 Å². The molecule has 2 amide bonds. The molecule has 6 nitrogen and oxygen atoms in total. The minimum absolute atomic E-state index is 0.0432. The van der Waals surface area contributed by atoms with Gasteiger partial charge in [0.2, 0.25) is 11.8 Å². The quantitative estimate of drug-likeness (QED) is 0.714. The van der Waals surface area contributed by atoms with Crippen LogP contribution in [-0.2, 0) is 20.8 Å². The Balaban J connectivity index is 1.77. The highest BCUT2D eigenvalue weighted by molar-refractivity contribution is 5.91. The SMILES string of the molecule is CC(CC(=O)Nc1ccc(CC(=O)O)cc1)NC(=O)C1CCCC1. The molecule has 1 atom stereocenters. The Morgan fingerprint density at radius 3 is 2.38 bits per heavy atom. The number of aliphatic carboxylic acids is 1. The minimum Gasteiger partial charge on any atom is -0.481 e. The van der Waals surface area contributed by atoms with Gasteiger partial charge in [0.25, 0.3) is 0 Å². The van der Waals surface area contributed by atoms with E-state index in [0.29, 0.717) is 11.3 Å². The summed E-state index contributed by atoms with van der Waals surface area (Å²) in [6.07, 6.45) is 4.24. The average molecular weight is 332 g/mol. The van der Waals surface area contributed by atoms with Crippen molar-refractivity contribution in [1.82, 2.24) is 5.32 Å². The van der Waals surface area contributed by atoms with E-state index in [1.807, 2.05) is 6.92 Å². The number of amides is 2. The first-order valence-corrected chi connectivity index (χ1v) is 8.35. The van der Waals surface area contributed by atoms with Gasteiger partial charge in [-0.05, 0) is 37.5 Å². The van der Waals surface area contributed by atoms with Crippen LogP contribution in [0.4, 0.5) is 5.69 Å². The van der Waals surface area contributed by atoms with E-state index >= 15 is 0 Å². The van der Waals surface area contributed by atoms with Gasteiger partial charge in [-0.1, -0.05) is 25.0 Å². The normalized spacial score (nSPS) is 15.7. The van der Waals surface area contributed by atoms with Gasteiger partial charge in [-0.2, -0.15) is 0 Å². The number of rotatable bonds is 7. The Labute approximate surface area is 141 Å².